The molecule has 0 unspecified atom stereocenters. The average molecular weight is 263 g/mol. The third kappa shape index (κ3) is 2.15. The van der Waals surface area contributed by atoms with Gasteiger partial charge >= 0.3 is 0 Å². The molecule has 1 aliphatic rings. The maximum absolute atomic E-state index is 13.6. The lowest BCUT2D eigenvalue weighted by atomic mass is 9.80. The van der Waals surface area contributed by atoms with E-state index in [9.17, 15) is 9.50 Å². The normalized spacial score (nSPS) is 27.8. The van der Waals surface area contributed by atoms with E-state index in [1.807, 2.05) is 7.05 Å². The Hall–Kier alpha value is -1.39. The van der Waals surface area contributed by atoms with E-state index in [0.29, 0.717) is 30.0 Å². The number of fused-ring (bicyclic) bond motifs is 1. The Morgan fingerprint density at radius 1 is 1.37 bits per heavy atom. The summed E-state index contributed by atoms with van der Waals surface area (Å²) in [6.07, 6.45) is 3.07. The van der Waals surface area contributed by atoms with Crippen molar-refractivity contribution in [1.29, 1.82) is 0 Å². The summed E-state index contributed by atoms with van der Waals surface area (Å²) >= 11 is 0. The zero-order valence-electron chi connectivity index (χ0n) is 10.9. The van der Waals surface area contributed by atoms with Gasteiger partial charge in [0.1, 0.15) is 11.4 Å². The number of para-hydroxylation sites is 1. The lowest BCUT2D eigenvalue weighted by Gasteiger charge is -2.34. The molecule has 0 radical (unpaired) electrons. The predicted octanol–water partition coefficient (Wildman–Crippen LogP) is 2.92. The Bertz CT molecular complexity index is 585. The van der Waals surface area contributed by atoms with Crippen molar-refractivity contribution < 1.29 is 13.9 Å². The molecule has 102 valence electrons. The molecule has 0 saturated heterocycles. The van der Waals surface area contributed by atoms with Gasteiger partial charge < -0.3 is 14.8 Å². The molecule has 2 aromatic rings. The van der Waals surface area contributed by atoms with E-state index in [4.69, 9.17) is 4.42 Å². The predicted molar refractivity (Wildman–Crippen MR) is 71.4 cm³/mol. The first-order valence-corrected chi connectivity index (χ1v) is 6.70. The van der Waals surface area contributed by atoms with Crippen molar-refractivity contribution in [3.8, 4) is 0 Å². The van der Waals surface area contributed by atoms with Crippen molar-refractivity contribution in [3.63, 3.8) is 0 Å². The van der Waals surface area contributed by atoms with Crippen LogP contribution in [0.1, 0.15) is 31.4 Å². The van der Waals surface area contributed by atoms with Crippen molar-refractivity contribution in [3.05, 3.63) is 35.8 Å². The molecule has 0 spiro atoms. The van der Waals surface area contributed by atoms with E-state index >= 15 is 0 Å². The van der Waals surface area contributed by atoms with Gasteiger partial charge in [0, 0.05) is 11.4 Å². The summed E-state index contributed by atoms with van der Waals surface area (Å²) in [4.78, 5) is 0. The monoisotopic (exact) mass is 263 g/mol. The Kier molecular flexibility index (Phi) is 3.07. The average Bonchev–Trinajstić information content (AvgIpc) is 2.86. The molecule has 1 fully saturated rings. The van der Waals surface area contributed by atoms with Crippen LogP contribution >= 0.6 is 0 Å². The topological polar surface area (TPSA) is 45.4 Å². The van der Waals surface area contributed by atoms with E-state index in [2.05, 4.69) is 5.32 Å². The number of halogens is 1. The first-order chi connectivity index (χ1) is 9.12. The van der Waals surface area contributed by atoms with E-state index in [1.54, 1.807) is 18.2 Å². The third-order valence-electron chi connectivity index (χ3n) is 4.18. The van der Waals surface area contributed by atoms with Gasteiger partial charge in [0.15, 0.2) is 11.4 Å². The van der Waals surface area contributed by atoms with Crippen LogP contribution in [0.15, 0.2) is 28.7 Å². The fraction of sp³-hybridized carbons (Fsp3) is 0.467. The fourth-order valence-corrected chi connectivity index (χ4v) is 2.89. The summed E-state index contributed by atoms with van der Waals surface area (Å²) in [5.41, 5.74) is -0.722. The molecule has 1 heterocycles. The summed E-state index contributed by atoms with van der Waals surface area (Å²) in [5.74, 6) is 0.110. The number of benzene rings is 1. The molecule has 0 bridgehead atoms. The van der Waals surface area contributed by atoms with Crippen molar-refractivity contribution in [1.82, 2.24) is 5.32 Å². The van der Waals surface area contributed by atoms with Crippen LogP contribution < -0.4 is 5.32 Å². The zero-order chi connectivity index (χ0) is 13.5. The van der Waals surface area contributed by atoms with Crippen LogP contribution in [0.5, 0.6) is 0 Å². The van der Waals surface area contributed by atoms with Gasteiger partial charge in [-0.1, -0.05) is 12.1 Å². The zero-order valence-corrected chi connectivity index (χ0v) is 10.9. The summed E-state index contributed by atoms with van der Waals surface area (Å²) in [5, 5.41) is 14.6. The highest BCUT2D eigenvalue weighted by molar-refractivity contribution is 5.78. The van der Waals surface area contributed by atoms with Gasteiger partial charge in [-0.05, 0) is 44.9 Å². The fourth-order valence-electron chi connectivity index (χ4n) is 2.89. The molecular weight excluding hydrogens is 245 g/mol. The first kappa shape index (κ1) is 12.6. The molecule has 3 rings (SSSR count). The Morgan fingerprint density at radius 2 is 2.11 bits per heavy atom. The molecule has 3 nitrogen and oxygen atoms in total. The molecule has 0 aliphatic heterocycles. The second kappa shape index (κ2) is 4.62. The lowest BCUT2D eigenvalue weighted by Crippen LogP contribution is -2.38. The van der Waals surface area contributed by atoms with Crippen LogP contribution in [0.3, 0.4) is 0 Å². The highest BCUT2D eigenvalue weighted by Crippen LogP contribution is 2.39. The lowest BCUT2D eigenvalue weighted by molar-refractivity contribution is -0.0250. The number of rotatable bonds is 2. The molecule has 1 saturated carbocycles. The molecule has 0 amide bonds. The maximum Gasteiger partial charge on any atom is 0.170 e. The Morgan fingerprint density at radius 3 is 2.74 bits per heavy atom. The molecule has 4 heteroatoms. The van der Waals surface area contributed by atoms with Gasteiger partial charge in [-0.25, -0.2) is 4.39 Å². The van der Waals surface area contributed by atoms with Gasteiger partial charge in [0.2, 0.25) is 0 Å². The minimum atomic E-state index is -0.960. The van der Waals surface area contributed by atoms with E-state index < -0.39 is 5.60 Å². The highest BCUT2D eigenvalue weighted by atomic mass is 19.1. The smallest absolute Gasteiger partial charge is 0.170 e. The molecule has 1 aromatic heterocycles. The number of hydrogen-bond acceptors (Lipinski definition) is 3. The summed E-state index contributed by atoms with van der Waals surface area (Å²) in [6, 6.07) is 7.03. The highest BCUT2D eigenvalue weighted by Gasteiger charge is 2.37. The van der Waals surface area contributed by atoms with Gasteiger partial charge in [0.25, 0.3) is 0 Å². The Balaban J connectivity index is 1.93. The largest absolute Gasteiger partial charge is 0.455 e. The summed E-state index contributed by atoms with van der Waals surface area (Å²) in [6.45, 7) is 0. The van der Waals surface area contributed by atoms with Crippen LogP contribution in [0.4, 0.5) is 4.39 Å². The first-order valence-electron chi connectivity index (χ1n) is 6.70. The minimum absolute atomic E-state index is 0.238. The van der Waals surface area contributed by atoms with E-state index in [0.717, 1.165) is 12.8 Å². The van der Waals surface area contributed by atoms with Gasteiger partial charge in [-0.3, -0.25) is 0 Å². The van der Waals surface area contributed by atoms with Gasteiger partial charge in [0.05, 0.1) is 0 Å². The van der Waals surface area contributed by atoms with Gasteiger partial charge in [-0.15, -0.1) is 0 Å². The van der Waals surface area contributed by atoms with Crippen LogP contribution in [-0.2, 0) is 5.60 Å². The molecule has 0 atom stereocenters. The van der Waals surface area contributed by atoms with E-state index in [1.165, 1.54) is 6.07 Å². The van der Waals surface area contributed by atoms with Crippen LogP contribution in [0.2, 0.25) is 0 Å². The van der Waals surface area contributed by atoms with Gasteiger partial charge in [-0.2, -0.15) is 0 Å². The maximum atomic E-state index is 13.6. The van der Waals surface area contributed by atoms with Crippen molar-refractivity contribution in [2.45, 2.75) is 37.3 Å². The second-order valence-corrected chi connectivity index (χ2v) is 5.36. The third-order valence-corrected chi connectivity index (χ3v) is 4.18. The molecule has 2 N–H and O–H groups in total. The molecule has 19 heavy (non-hydrogen) atoms. The van der Waals surface area contributed by atoms with Crippen molar-refractivity contribution in [2.75, 3.05) is 7.05 Å². The van der Waals surface area contributed by atoms with E-state index in [-0.39, 0.29) is 11.4 Å². The number of nitrogens with one attached hydrogen (secondary N) is 1. The number of aliphatic hydroxyl groups is 1. The molecular formula is C15H18FNO2. The second-order valence-electron chi connectivity index (χ2n) is 5.36. The SMILES string of the molecule is CNC1CCC(O)(c2cc3cccc(F)c3o2)CC1. The van der Waals surface area contributed by atoms with Crippen molar-refractivity contribution in [2.24, 2.45) is 0 Å². The molecule has 1 aromatic carbocycles. The number of furan rings is 1. The number of hydrogen-bond donors (Lipinski definition) is 2. The minimum Gasteiger partial charge on any atom is -0.455 e. The summed E-state index contributed by atoms with van der Waals surface area (Å²) < 4.78 is 19.2. The standard InChI is InChI=1S/C15H18FNO2/c1-17-11-5-7-15(18,8-6-11)13-9-10-3-2-4-12(16)14(10)19-13/h2-4,9,11,17-18H,5-8H2,1H3. The van der Waals surface area contributed by atoms with Crippen LogP contribution in [0.25, 0.3) is 11.0 Å². The van der Waals surface area contributed by atoms with Crippen LogP contribution in [-0.4, -0.2) is 18.2 Å². The van der Waals surface area contributed by atoms with Crippen molar-refractivity contribution >= 4 is 11.0 Å². The van der Waals surface area contributed by atoms with Crippen LogP contribution in [0, 0.1) is 5.82 Å². The molecule has 1 aliphatic carbocycles. The Labute approximate surface area is 111 Å². The summed E-state index contributed by atoms with van der Waals surface area (Å²) in [7, 11) is 1.94. The quantitative estimate of drug-likeness (QED) is 0.875.